The van der Waals surface area contributed by atoms with Crippen LogP contribution in [0.4, 0.5) is 0 Å². The van der Waals surface area contributed by atoms with Crippen molar-refractivity contribution in [2.45, 2.75) is 69.2 Å². The van der Waals surface area contributed by atoms with E-state index < -0.39 is 46.5 Å². The minimum absolute atomic E-state index is 0.278. The van der Waals surface area contributed by atoms with Gasteiger partial charge >= 0.3 is 23.9 Å². The molecule has 0 N–H and O–H groups in total. The van der Waals surface area contributed by atoms with E-state index in [-0.39, 0.29) is 11.8 Å². The van der Waals surface area contributed by atoms with Crippen molar-refractivity contribution in [2.75, 3.05) is 0 Å². The van der Waals surface area contributed by atoms with Crippen LogP contribution in [-0.4, -0.2) is 23.9 Å². The molecule has 6 nitrogen and oxygen atoms in total. The third kappa shape index (κ3) is 6.89. The zero-order valence-electron chi connectivity index (χ0n) is 17.8. The van der Waals surface area contributed by atoms with Crippen LogP contribution in [-0.2, 0) is 28.7 Å². The number of rotatable bonds is 5. The Balaban J connectivity index is 5.61. The summed E-state index contributed by atoms with van der Waals surface area (Å²) in [4.78, 5) is 49.4. The van der Waals surface area contributed by atoms with Crippen molar-refractivity contribution in [3.63, 3.8) is 0 Å². The summed E-state index contributed by atoms with van der Waals surface area (Å²) in [5, 5.41) is 0. The third-order valence-electron chi connectivity index (χ3n) is 3.98. The van der Waals surface area contributed by atoms with Crippen molar-refractivity contribution in [2.24, 2.45) is 34.5 Å². The molecule has 0 spiro atoms. The minimum Gasteiger partial charge on any atom is -0.393 e. The van der Waals surface area contributed by atoms with Gasteiger partial charge in [0.1, 0.15) is 0 Å². The maximum atomic E-state index is 12.6. The summed E-state index contributed by atoms with van der Waals surface area (Å²) in [5.41, 5.74) is -1.68. The van der Waals surface area contributed by atoms with Crippen LogP contribution in [0.5, 0.6) is 0 Å². The number of esters is 4. The standard InChI is InChI=1S/C20H34O6/c1-11(2)13(15(21)25-17(23)19(5,6)7)14(12(3)4)16(22)26-18(24)20(8,9)10/h11-14H,1-10H3. The van der Waals surface area contributed by atoms with Gasteiger partial charge in [-0.1, -0.05) is 27.7 Å². The first-order valence-electron chi connectivity index (χ1n) is 9.02. The summed E-state index contributed by atoms with van der Waals surface area (Å²) < 4.78 is 10.0. The summed E-state index contributed by atoms with van der Waals surface area (Å²) in [5.74, 6) is -5.18. The molecule has 2 unspecified atom stereocenters. The van der Waals surface area contributed by atoms with Gasteiger partial charge in [-0.2, -0.15) is 0 Å². The molecule has 0 heterocycles. The Morgan fingerprint density at radius 3 is 0.962 bits per heavy atom. The van der Waals surface area contributed by atoms with Crippen molar-refractivity contribution in [1.29, 1.82) is 0 Å². The average Bonchev–Trinajstić information content (AvgIpc) is 2.40. The summed E-state index contributed by atoms with van der Waals surface area (Å²) >= 11 is 0. The predicted molar refractivity (Wildman–Crippen MR) is 97.8 cm³/mol. The molecule has 0 amide bonds. The maximum Gasteiger partial charge on any atom is 0.318 e. The molecule has 0 aromatic carbocycles. The van der Waals surface area contributed by atoms with Crippen LogP contribution < -0.4 is 0 Å². The minimum atomic E-state index is -0.887. The normalized spacial score (nSPS) is 14.8. The second-order valence-corrected chi connectivity index (χ2v) is 9.46. The summed E-state index contributed by atoms with van der Waals surface area (Å²) in [6.45, 7) is 16.9. The van der Waals surface area contributed by atoms with Crippen LogP contribution in [0.25, 0.3) is 0 Å². The highest BCUT2D eigenvalue weighted by molar-refractivity contribution is 5.94. The molecule has 150 valence electrons. The number of carbonyl (C=O) groups is 4. The van der Waals surface area contributed by atoms with E-state index >= 15 is 0 Å². The summed E-state index contributed by atoms with van der Waals surface area (Å²) in [6, 6.07) is 0. The van der Waals surface area contributed by atoms with E-state index in [1.807, 2.05) is 0 Å². The average molecular weight is 370 g/mol. The van der Waals surface area contributed by atoms with E-state index in [0.717, 1.165) is 0 Å². The molecule has 6 heteroatoms. The Morgan fingerprint density at radius 2 is 0.808 bits per heavy atom. The molecule has 0 radical (unpaired) electrons. The van der Waals surface area contributed by atoms with Gasteiger partial charge in [-0.15, -0.1) is 0 Å². The first kappa shape index (κ1) is 24.3. The lowest BCUT2D eigenvalue weighted by Gasteiger charge is -2.30. The van der Waals surface area contributed by atoms with E-state index in [2.05, 4.69) is 0 Å². The van der Waals surface area contributed by atoms with Gasteiger partial charge in [-0.3, -0.25) is 19.2 Å². The molecule has 0 aliphatic carbocycles. The topological polar surface area (TPSA) is 86.7 Å². The molecule has 26 heavy (non-hydrogen) atoms. The molecule has 0 bridgehead atoms. The molecule has 0 fully saturated rings. The van der Waals surface area contributed by atoms with Crippen molar-refractivity contribution in [1.82, 2.24) is 0 Å². The van der Waals surface area contributed by atoms with Crippen molar-refractivity contribution >= 4 is 23.9 Å². The van der Waals surface area contributed by atoms with Crippen LogP contribution in [0.2, 0.25) is 0 Å². The van der Waals surface area contributed by atoms with Crippen LogP contribution in [0, 0.1) is 34.5 Å². The van der Waals surface area contributed by atoms with E-state index in [0.29, 0.717) is 0 Å². The SMILES string of the molecule is CC(C)C(C(=O)OC(=O)C(C)(C)C)C(C(=O)OC(=O)C(C)(C)C)C(C)C. The zero-order chi connectivity index (χ0) is 21.0. The first-order chi connectivity index (χ1) is 11.5. The first-order valence-corrected chi connectivity index (χ1v) is 9.02. The maximum absolute atomic E-state index is 12.6. The number of carbonyl (C=O) groups excluding carboxylic acids is 4. The lowest BCUT2D eigenvalue weighted by Crippen LogP contribution is -2.42. The molecular weight excluding hydrogens is 336 g/mol. The Morgan fingerprint density at radius 1 is 0.577 bits per heavy atom. The second kappa shape index (κ2) is 8.78. The highest BCUT2D eigenvalue weighted by Crippen LogP contribution is 2.32. The van der Waals surface area contributed by atoms with Gasteiger partial charge in [0.05, 0.1) is 22.7 Å². The predicted octanol–water partition coefficient (Wildman–Crippen LogP) is 3.76. The van der Waals surface area contributed by atoms with Crippen molar-refractivity contribution in [3.05, 3.63) is 0 Å². The van der Waals surface area contributed by atoms with Gasteiger partial charge in [0, 0.05) is 0 Å². The number of ether oxygens (including phenoxy) is 2. The summed E-state index contributed by atoms with van der Waals surface area (Å²) in [7, 11) is 0. The molecule has 0 aliphatic rings. The fraction of sp³-hybridized carbons (Fsp3) is 0.800. The largest absolute Gasteiger partial charge is 0.393 e. The lowest BCUT2D eigenvalue weighted by molar-refractivity contribution is -0.179. The van der Waals surface area contributed by atoms with Crippen LogP contribution in [0.1, 0.15) is 69.2 Å². The fourth-order valence-corrected chi connectivity index (χ4v) is 2.29. The van der Waals surface area contributed by atoms with E-state index in [9.17, 15) is 19.2 Å². The Bertz CT molecular complexity index is 496. The monoisotopic (exact) mass is 370 g/mol. The highest BCUT2D eigenvalue weighted by Gasteiger charge is 2.43. The van der Waals surface area contributed by atoms with Crippen molar-refractivity contribution in [3.8, 4) is 0 Å². The molecule has 2 atom stereocenters. The summed E-state index contributed by atoms with van der Waals surface area (Å²) in [6.07, 6.45) is 0. The van der Waals surface area contributed by atoms with Gasteiger partial charge in [0.25, 0.3) is 0 Å². The van der Waals surface area contributed by atoms with E-state index in [1.165, 1.54) is 0 Å². The molecule has 0 saturated carbocycles. The Hall–Kier alpha value is -1.72. The van der Waals surface area contributed by atoms with Crippen LogP contribution >= 0.6 is 0 Å². The van der Waals surface area contributed by atoms with Gasteiger partial charge in [-0.25, -0.2) is 0 Å². The number of hydrogen-bond acceptors (Lipinski definition) is 6. The number of hydrogen-bond donors (Lipinski definition) is 0. The van der Waals surface area contributed by atoms with Gasteiger partial charge in [-0.05, 0) is 53.4 Å². The molecule has 0 rings (SSSR count). The molecule has 0 aromatic heterocycles. The molecule has 0 saturated heterocycles. The van der Waals surface area contributed by atoms with Crippen LogP contribution in [0.15, 0.2) is 0 Å². The van der Waals surface area contributed by atoms with E-state index in [4.69, 9.17) is 9.47 Å². The molecule has 0 aliphatic heterocycles. The van der Waals surface area contributed by atoms with Gasteiger partial charge in [0.2, 0.25) is 0 Å². The zero-order valence-corrected chi connectivity index (χ0v) is 17.8. The lowest BCUT2D eigenvalue weighted by atomic mass is 9.77. The Kier molecular flexibility index (Phi) is 8.20. The third-order valence-corrected chi connectivity index (χ3v) is 3.98. The Labute approximate surface area is 157 Å². The van der Waals surface area contributed by atoms with Crippen LogP contribution in [0.3, 0.4) is 0 Å². The second-order valence-electron chi connectivity index (χ2n) is 9.46. The van der Waals surface area contributed by atoms with Gasteiger partial charge < -0.3 is 9.47 Å². The fourth-order valence-electron chi connectivity index (χ4n) is 2.29. The van der Waals surface area contributed by atoms with Crippen molar-refractivity contribution < 1.29 is 28.7 Å². The molecular formula is C20H34O6. The quantitative estimate of drug-likeness (QED) is 0.541. The van der Waals surface area contributed by atoms with E-state index in [1.54, 1.807) is 69.2 Å². The smallest absolute Gasteiger partial charge is 0.318 e. The molecule has 0 aromatic rings. The van der Waals surface area contributed by atoms with Gasteiger partial charge in [0.15, 0.2) is 0 Å². The highest BCUT2D eigenvalue weighted by atomic mass is 16.6.